The molecule has 1 heterocycles. The fraction of sp³-hybridized carbons (Fsp3) is 0.200. The van der Waals surface area contributed by atoms with Crippen molar-refractivity contribution in [3.05, 3.63) is 88.3 Å². The molecule has 33 heavy (non-hydrogen) atoms. The molecule has 0 saturated carbocycles. The number of aryl methyl sites for hydroxylation is 1. The number of methoxy groups -OCH3 is 1. The van der Waals surface area contributed by atoms with Crippen LogP contribution in [0, 0.1) is 36.8 Å². The SMILES string of the molecule is COc1ccc(-n2c(C)cc(/C=C(\C#N)C(=O)NCC(O)c3ccc(F)c(F)c3)c2C)cc1. The number of carbonyl (C=O) groups excluding carboxylic acids is 1. The van der Waals surface area contributed by atoms with Crippen LogP contribution in [0.15, 0.2) is 54.1 Å². The fourth-order valence-corrected chi connectivity index (χ4v) is 3.49. The van der Waals surface area contributed by atoms with Crippen LogP contribution >= 0.6 is 0 Å². The van der Waals surface area contributed by atoms with Crippen molar-refractivity contribution in [3.63, 3.8) is 0 Å². The second-order valence-electron chi connectivity index (χ2n) is 7.43. The summed E-state index contributed by atoms with van der Waals surface area (Å²) < 4.78 is 33.6. The third-order valence-corrected chi connectivity index (χ3v) is 5.25. The van der Waals surface area contributed by atoms with Gasteiger partial charge in [0.15, 0.2) is 11.6 Å². The van der Waals surface area contributed by atoms with Crippen LogP contribution in [0.4, 0.5) is 8.78 Å². The molecule has 170 valence electrons. The number of hydrogen-bond acceptors (Lipinski definition) is 4. The third-order valence-electron chi connectivity index (χ3n) is 5.25. The lowest BCUT2D eigenvalue weighted by atomic mass is 10.1. The number of carbonyl (C=O) groups is 1. The first-order valence-corrected chi connectivity index (χ1v) is 10.1. The Labute approximate surface area is 190 Å². The van der Waals surface area contributed by atoms with E-state index in [1.807, 2.05) is 54.8 Å². The molecule has 6 nitrogen and oxygen atoms in total. The first-order valence-electron chi connectivity index (χ1n) is 10.1. The molecule has 3 rings (SSSR count). The Hall–Kier alpha value is -3.96. The molecule has 2 aromatic carbocycles. The van der Waals surface area contributed by atoms with Crippen LogP contribution < -0.4 is 10.1 Å². The topological polar surface area (TPSA) is 87.3 Å². The van der Waals surface area contributed by atoms with E-state index in [9.17, 15) is 23.9 Å². The molecule has 0 saturated heterocycles. The van der Waals surface area contributed by atoms with Crippen molar-refractivity contribution < 1.29 is 23.4 Å². The minimum atomic E-state index is -1.26. The normalized spacial score (nSPS) is 12.2. The Balaban J connectivity index is 1.77. The summed E-state index contributed by atoms with van der Waals surface area (Å²) in [6.45, 7) is 3.52. The Kier molecular flexibility index (Phi) is 7.26. The number of nitrogens with one attached hydrogen (secondary N) is 1. The van der Waals surface area contributed by atoms with Crippen molar-refractivity contribution in [3.8, 4) is 17.5 Å². The summed E-state index contributed by atoms with van der Waals surface area (Å²) in [5.74, 6) is -2.08. The van der Waals surface area contributed by atoms with Crippen molar-refractivity contribution in [1.82, 2.24) is 9.88 Å². The predicted molar refractivity (Wildman–Crippen MR) is 120 cm³/mol. The summed E-state index contributed by atoms with van der Waals surface area (Å²) in [5, 5.41) is 22.1. The highest BCUT2D eigenvalue weighted by Gasteiger charge is 2.16. The van der Waals surface area contributed by atoms with E-state index in [-0.39, 0.29) is 17.7 Å². The van der Waals surface area contributed by atoms with E-state index in [1.165, 1.54) is 12.1 Å². The molecular formula is C25H23F2N3O3. The summed E-state index contributed by atoms with van der Waals surface area (Å²) in [6.07, 6.45) is 0.214. The molecule has 1 atom stereocenters. The minimum Gasteiger partial charge on any atom is -0.497 e. The molecule has 0 aliphatic heterocycles. The van der Waals surface area contributed by atoms with Gasteiger partial charge in [0.1, 0.15) is 17.4 Å². The van der Waals surface area contributed by atoms with E-state index < -0.39 is 23.6 Å². The van der Waals surface area contributed by atoms with Gasteiger partial charge < -0.3 is 19.7 Å². The van der Waals surface area contributed by atoms with Crippen molar-refractivity contribution >= 4 is 12.0 Å². The Morgan fingerprint density at radius 2 is 1.88 bits per heavy atom. The number of aliphatic hydroxyl groups excluding tert-OH is 1. The molecular weight excluding hydrogens is 428 g/mol. The molecule has 0 radical (unpaired) electrons. The number of nitriles is 1. The molecule has 0 bridgehead atoms. The van der Waals surface area contributed by atoms with Gasteiger partial charge in [-0.25, -0.2) is 8.78 Å². The van der Waals surface area contributed by atoms with Gasteiger partial charge in [-0.1, -0.05) is 6.07 Å². The Morgan fingerprint density at radius 3 is 2.48 bits per heavy atom. The van der Waals surface area contributed by atoms with E-state index in [2.05, 4.69) is 5.32 Å². The summed E-state index contributed by atoms with van der Waals surface area (Å²) in [5.41, 5.74) is 3.30. The van der Waals surface area contributed by atoms with Gasteiger partial charge in [-0.2, -0.15) is 5.26 Å². The average molecular weight is 451 g/mol. The number of halogens is 2. The lowest BCUT2D eigenvalue weighted by Gasteiger charge is -2.12. The van der Waals surface area contributed by atoms with Crippen molar-refractivity contribution in [2.75, 3.05) is 13.7 Å². The smallest absolute Gasteiger partial charge is 0.262 e. The average Bonchev–Trinajstić information content (AvgIpc) is 3.09. The maximum atomic E-state index is 13.4. The largest absolute Gasteiger partial charge is 0.497 e. The summed E-state index contributed by atoms with van der Waals surface area (Å²) in [4.78, 5) is 12.5. The van der Waals surface area contributed by atoms with Crippen molar-refractivity contribution in [2.45, 2.75) is 20.0 Å². The number of rotatable bonds is 7. The van der Waals surface area contributed by atoms with E-state index in [4.69, 9.17) is 4.74 Å². The number of amides is 1. The van der Waals surface area contributed by atoms with Gasteiger partial charge in [0.25, 0.3) is 5.91 Å². The van der Waals surface area contributed by atoms with Crippen LogP contribution in [0.3, 0.4) is 0 Å². The van der Waals surface area contributed by atoms with Gasteiger partial charge in [-0.05, 0) is 73.5 Å². The summed E-state index contributed by atoms with van der Waals surface area (Å²) in [7, 11) is 1.59. The third kappa shape index (κ3) is 5.27. The second-order valence-corrected chi connectivity index (χ2v) is 7.43. The van der Waals surface area contributed by atoms with Crippen molar-refractivity contribution in [2.24, 2.45) is 0 Å². The maximum Gasteiger partial charge on any atom is 0.262 e. The molecule has 3 aromatic rings. The predicted octanol–water partition coefficient (Wildman–Crippen LogP) is 4.14. The fourth-order valence-electron chi connectivity index (χ4n) is 3.49. The highest BCUT2D eigenvalue weighted by molar-refractivity contribution is 6.01. The monoisotopic (exact) mass is 451 g/mol. The summed E-state index contributed by atoms with van der Waals surface area (Å²) in [6, 6.07) is 14.2. The molecule has 8 heteroatoms. The number of benzene rings is 2. The summed E-state index contributed by atoms with van der Waals surface area (Å²) >= 11 is 0. The lowest BCUT2D eigenvalue weighted by Crippen LogP contribution is -2.29. The highest BCUT2D eigenvalue weighted by atomic mass is 19.2. The van der Waals surface area contributed by atoms with Crippen LogP contribution in [-0.4, -0.2) is 29.2 Å². The zero-order valence-corrected chi connectivity index (χ0v) is 18.4. The van der Waals surface area contributed by atoms with Gasteiger partial charge in [0.2, 0.25) is 0 Å². The molecule has 1 unspecified atom stereocenters. The molecule has 1 aromatic heterocycles. The molecule has 1 amide bonds. The van der Waals surface area contributed by atoms with Gasteiger partial charge >= 0.3 is 0 Å². The zero-order chi connectivity index (χ0) is 24.1. The van der Waals surface area contributed by atoms with Gasteiger partial charge in [-0.15, -0.1) is 0 Å². The standard InChI is InChI=1S/C25H23F2N3O3/c1-15-10-18(16(2)30(15)20-5-7-21(33-3)8-6-20)11-19(13-28)25(32)29-14-24(31)17-4-9-22(26)23(27)12-17/h4-12,24,31H,14H2,1-3H3,(H,29,32)/b19-11+. The van der Waals surface area contributed by atoms with E-state index >= 15 is 0 Å². The second kappa shape index (κ2) is 10.1. The zero-order valence-electron chi connectivity index (χ0n) is 18.4. The van der Waals surface area contributed by atoms with Crippen LogP contribution in [0.2, 0.25) is 0 Å². The van der Waals surface area contributed by atoms with E-state index in [1.54, 1.807) is 7.11 Å². The van der Waals surface area contributed by atoms with Gasteiger partial charge in [0, 0.05) is 23.6 Å². The van der Waals surface area contributed by atoms with Crippen molar-refractivity contribution in [1.29, 1.82) is 5.26 Å². The highest BCUT2D eigenvalue weighted by Crippen LogP contribution is 2.24. The number of aliphatic hydroxyl groups is 1. The van der Waals surface area contributed by atoms with Gasteiger partial charge in [-0.3, -0.25) is 4.79 Å². The van der Waals surface area contributed by atoms with Gasteiger partial charge in [0.05, 0.1) is 13.2 Å². The first-order chi connectivity index (χ1) is 15.7. The van der Waals surface area contributed by atoms with Crippen LogP contribution in [0.1, 0.15) is 28.6 Å². The molecule has 0 spiro atoms. The van der Waals surface area contributed by atoms with E-state index in [0.29, 0.717) is 5.56 Å². The van der Waals surface area contributed by atoms with Crippen LogP contribution in [0.5, 0.6) is 5.75 Å². The number of ether oxygens (including phenoxy) is 1. The number of nitrogens with zero attached hydrogens (tertiary/aromatic N) is 2. The maximum absolute atomic E-state index is 13.4. The van der Waals surface area contributed by atoms with Crippen LogP contribution in [0.25, 0.3) is 11.8 Å². The molecule has 0 aliphatic carbocycles. The lowest BCUT2D eigenvalue weighted by molar-refractivity contribution is -0.117. The molecule has 0 aliphatic rings. The quantitative estimate of drug-likeness (QED) is 0.418. The van der Waals surface area contributed by atoms with Crippen LogP contribution in [-0.2, 0) is 4.79 Å². The Bertz CT molecular complexity index is 1240. The minimum absolute atomic E-state index is 0.111. The molecule has 0 fully saturated rings. The van der Waals surface area contributed by atoms with E-state index in [0.717, 1.165) is 35.0 Å². The number of aromatic nitrogens is 1. The first kappa shape index (κ1) is 23.7. The number of hydrogen-bond donors (Lipinski definition) is 2. The Morgan fingerprint density at radius 1 is 1.18 bits per heavy atom. The molecule has 2 N–H and O–H groups in total.